The maximum absolute atomic E-state index is 12.6. The number of sulfonamides is 1. The lowest BCUT2D eigenvalue weighted by Crippen LogP contribution is -2.41. The van der Waals surface area contributed by atoms with Crippen LogP contribution in [0, 0.1) is 6.92 Å². The van der Waals surface area contributed by atoms with Crippen molar-refractivity contribution in [3.8, 4) is 0 Å². The van der Waals surface area contributed by atoms with Crippen molar-refractivity contribution in [3.63, 3.8) is 0 Å². The number of carbonyl (C=O) groups excluding carboxylic acids is 2. The maximum Gasteiger partial charge on any atom is 0.281 e. The van der Waals surface area contributed by atoms with Gasteiger partial charge in [0.1, 0.15) is 4.88 Å². The monoisotopic (exact) mass is 438 g/mol. The van der Waals surface area contributed by atoms with Crippen LogP contribution in [-0.2, 0) is 16.4 Å². The third-order valence-electron chi connectivity index (χ3n) is 4.24. The Morgan fingerprint density at radius 2 is 1.76 bits per heavy atom. The molecular weight excluding hydrogens is 412 g/mol. The first-order valence-corrected chi connectivity index (χ1v) is 11.7. The van der Waals surface area contributed by atoms with Crippen molar-refractivity contribution >= 4 is 33.2 Å². The van der Waals surface area contributed by atoms with E-state index in [0.29, 0.717) is 23.7 Å². The van der Waals surface area contributed by atoms with Gasteiger partial charge in [0.25, 0.3) is 11.8 Å². The molecule has 158 valence electrons. The van der Waals surface area contributed by atoms with Crippen LogP contribution in [0.5, 0.6) is 0 Å². The zero-order valence-corrected chi connectivity index (χ0v) is 18.6. The number of aromatic nitrogens is 1. The van der Waals surface area contributed by atoms with E-state index in [0.717, 1.165) is 17.8 Å². The molecule has 0 unspecified atom stereocenters. The zero-order valence-electron chi connectivity index (χ0n) is 17.0. The summed E-state index contributed by atoms with van der Waals surface area (Å²) in [5.41, 5.74) is 5.44. The minimum atomic E-state index is -3.68. The lowest BCUT2D eigenvalue weighted by Gasteiger charge is -2.18. The van der Waals surface area contributed by atoms with E-state index < -0.39 is 21.8 Å². The first-order valence-electron chi connectivity index (χ1n) is 9.41. The Morgan fingerprint density at radius 1 is 1.10 bits per heavy atom. The number of hydrogen-bond acceptors (Lipinski definition) is 6. The van der Waals surface area contributed by atoms with Gasteiger partial charge in [-0.05, 0) is 38.0 Å². The summed E-state index contributed by atoms with van der Waals surface area (Å²) >= 11 is 1.29. The number of nitrogens with zero attached hydrogens (tertiary/aromatic N) is 2. The van der Waals surface area contributed by atoms with Gasteiger partial charge in [-0.1, -0.05) is 26.8 Å². The van der Waals surface area contributed by atoms with Gasteiger partial charge in [0.05, 0.1) is 15.6 Å². The third kappa shape index (κ3) is 5.40. The average Bonchev–Trinajstić information content (AvgIpc) is 3.07. The van der Waals surface area contributed by atoms with Crippen LogP contribution in [0.3, 0.4) is 0 Å². The Bertz CT molecular complexity index is 982. The first-order chi connectivity index (χ1) is 13.7. The van der Waals surface area contributed by atoms with Crippen molar-refractivity contribution < 1.29 is 18.0 Å². The Morgan fingerprint density at radius 3 is 2.38 bits per heavy atom. The van der Waals surface area contributed by atoms with Gasteiger partial charge in [-0.2, -0.15) is 4.31 Å². The van der Waals surface area contributed by atoms with E-state index in [1.165, 1.54) is 39.9 Å². The number of thiazole rings is 1. The SMILES string of the molecule is CCCc1nc(C)c(C(=O)NNC(=O)c2cccc(S(=O)(=O)N(CC)CC)c2)s1. The van der Waals surface area contributed by atoms with Crippen LogP contribution in [0.4, 0.5) is 0 Å². The van der Waals surface area contributed by atoms with E-state index in [2.05, 4.69) is 15.8 Å². The van der Waals surface area contributed by atoms with Crippen LogP contribution in [-0.4, -0.2) is 42.6 Å². The van der Waals surface area contributed by atoms with Gasteiger partial charge < -0.3 is 0 Å². The van der Waals surface area contributed by atoms with Gasteiger partial charge in [-0.25, -0.2) is 13.4 Å². The van der Waals surface area contributed by atoms with Gasteiger partial charge in [0, 0.05) is 18.7 Å². The standard InChI is InChI=1S/C19H26N4O4S2/c1-5-9-16-20-13(4)17(28-16)19(25)22-21-18(24)14-10-8-11-15(12-14)29(26,27)23(6-2)7-3/h8,10-12H,5-7,9H2,1-4H3,(H,21,24)(H,22,25). The highest BCUT2D eigenvalue weighted by Crippen LogP contribution is 2.19. The molecule has 0 atom stereocenters. The van der Waals surface area contributed by atoms with Gasteiger partial charge in [0.15, 0.2) is 0 Å². The van der Waals surface area contributed by atoms with Crippen LogP contribution in [0.25, 0.3) is 0 Å². The molecule has 8 nitrogen and oxygen atoms in total. The van der Waals surface area contributed by atoms with Crippen molar-refractivity contribution in [2.75, 3.05) is 13.1 Å². The second-order valence-electron chi connectivity index (χ2n) is 6.30. The largest absolute Gasteiger partial charge is 0.281 e. The van der Waals surface area contributed by atoms with E-state index in [1.807, 2.05) is 6.92 Å². The number of aryl methyl sites for hydroxylation is 2. The molecule has 0 saturated heterocycles. The molecule has 10 heteroatoms. The lowest BCUT2D eigenvalue weighted by molar-refractivity contribution is 0.0848. The molecule has 2 N–H and O–H groups in total. The van der Waals surface area contributed by atoms with Crippen molar-refractivity contribution in [2.24, 2.45) is 0 Å². The highest BCUT2D eigenvalue weighted by molar-refractivity contribution is 7.89. The average molecular weight is 439 g/mol. The quantitative estimate of drug-likeness (QED) is 0.616. The van der Waals surface area contributed by atoms with E-state index in [1.54, 1.807) is 20.8 Å². The van der Waals surface area contributed by atoms with Crippen molar-refractivity contribution in [3.05, 3.63) is 45.4 Å². The summed E-state index contributed by atoms with van der Waals surface area (Å²) in [4.78, 5) is 29.6. The molecular formula is C19H26N4O4S2. The number of nitrogens with one attached hydrogen (secondary N) is 2. The van der Waals surface area contributed by atoms with E-state index in [9.17, 15) is 18.0 Å². The predicted molar refractivity (Wildman–Crippen MR) is 112 cm³/mol. The molecule has 2 rings (SSSR count). The molecule has 2 aromatic rings. The Labute approximate surface area is 175 Å². The minimum absolute atomic E-state index is 0.0303. The number of rotatable bonds is 8. The van der Waals surface area contributed by atoms with Crippen molar-refractivity contribution in [1.29, 1.82) is 0 Å². The number of hydrazine groups is 1. The molecule has 0 fully saturated rings. The topological polar surface area (TPSA) is 108 Å². The smallest absolute Gasteiger partial charge is 0.267 e. The number of hydrogen-bond donors (Lipinski definition) is 2. The normalized spacial score (nSPS) is 11.5. The minimum Gasteiger partial charge on any atom is -0.267 e. The Balaban J connectivity index is 2.11. The molecule has 29 heavy (non-hydrogen) atoms. The fraction of sp³-hybridized carbons (Fsp3) is 0.421. The van der Waals surface area contributed by atoms with Crippen LogP contribution in [0.1, 0.15) is 57.9 Å². The maximum atomic E-state index is 12.6. The molecule has 1 heterocycles. The first kappa shape index (κ1) is 23.0. The number of amides is 2. The zero-order chi connectivity index (χ0) is 21.6. The summed E-state index contributed by atoms with van der Waals surface area (Å²) < 4.78 is 26.6. The Hall–Kier alpha value is -2.30. The van der Waals surface area contributed by atoms with Crippen molar-refractivity contribution in [1.82, 2.24) is 20.1 Å². The number of benzene rings is 1. The molecule has 2 amide bonds. The van der Waals surface area contributed by atoms with Crippen molar-refractivity contribution in [2.45, 2.75) is 45.4 Å². The van der Waals surface area contributed by atoms with Crippen LogP contribution >= 0.6 is 11.3 Å². The van der Waals surface area contributed by atoms with Gasteiger partial charge in [-0.3, -0.25) is 20.4 Å². The van der Waals surface area contributed by atoms with Gasteiger partial charge >= 0.3 is 0 Å². The molecule has 0 aliphatic carbocycles. The summed E-state index contributed by atoms with van der Waals surface area (Å²) in [5, 5.41) is 0.871. The molecule has 1 aromatic carbocycles. The van der Waals surface area contributed by atoms with Gasteiger partial charge in [0.2, 0.25) is 10.0 Å². The Kier molecular flexibility index (Phi) is 7.88. The number of carbonyl (C=O) groups is 2. The third-order valence-corrected chi connectivity index (χ3v) is 7.50. The predicted octanol–water partition coefficient (Wildman–Crippen LogP) is 2.51. The molecule has 0 radical (unpaired) electrons. The van der Waals surface area contributed by atoms with Crippen LogP contribution < -0.4 is 10.9 Å². The fourth-order valence-corrected chi connectivity index (χ4v) is 5.30. The molecule has 0 saturated carbocycles. The summed E-state index contributed by atoms with van der Waals surface area (Å²) in [7, 11) is -3.68. The molecule has 0 aliphatic heterocycles. The highest BCUT2D eigenvalue weighted by atomic mass is 32.2. The van der Waals surface area contributed by atoms with E-state index in [4.69, 9.17) is 0 Å². The highest BCUT2D eigenvalue weighted by Gasteiger charge is 2.23. The summed E-state index contributed by atoms with van der Waals surface area (Å²) in [6, 6.07) is 5.73. The second kappa shape index (κ2) is 9.95. The van der Waals surface area contributed by atoms with Crippen LogP contribution in [0.2, 0.25) is 0 Å². The molecule has 1 aromatic heterocycles. The fourth-order valence-electron chi connectivity index (χ4n) is 2.74. The molecule has 0 aliphatic rings. The van der Waals surface area contributed by atoms with Gasteiger partial charge in [-0.15, -0.1) is 11.3 Å². The van der Waals surface area contributed by atoms with Crippen LogP contribution in [0.15, 0.2) is 29.2 Å². The summed E-state index contributed by atoms with van der Waals surface area (Å²) in [6.07, 6.45) is 1.72. The van der Waals surface area contributed by atoms with E-state index in [-0.39, 0.29) is 10.5 Å². The summed E-state index contributed by atoms with van der Waals surface area (Å²) in [6.45, 7) is 7.94. The van der Waals surface area contributed by atoms with E-state index >= 15 is 0 Å². The summed E-state index contributed by atoms with van der Waals surface area (Å²) in [5.74, 6) is -1.06. The molecule has 0 bridgehead atoms. The lowest BCUT2D eigenvalue weighted by atomic mass is 10.2. The second-order valence-corrected chi connectivity index (χ2v) is 9.32. The molecule has 0 spiro atoms.